The summed E-state index contributed by atoms with van der Waals surface area (Å²) < 4.78 is 5.61. The molecule has 1 aromatic carbocycles. The third-order valence-corrected chi connectivity index (χ3v) is 4.11. The number of nitrogens with one attached hydrogen (secondary N) is 2. The van der Waals surface area contributed by atoms with E-state index in [0.29, 0.717) is 21.7 Å². The zero-order valence-electron chi connectivity index (χ0n) is 12.6. The van der Waals surface area contributed by atoms with Gasteiger partial charge in [0.25, 0.3) is 5.91 Å². The van der Waals surface area contributed by atoms with Crippen molar-refractivity contribution in [2.75, 3.05) is 13.1 Å². The molecule has 1 heterocycles. The fraction of sp³-hybridized carbons (Fsp3) is 0.533. The lowest BCUT2D eigenvalue weighted by Gasteiger charge is -2.31. The Kier molecular flexibility index (Phi) is 7.77. The number of hydrogen-bond donors (Lipinski definition) is 2. The van der Waals surface area contributed by atoms with Gasteiger partial charge in [0.15, 0.2) is 6.10 Å². The van der Waals surface area contributed by atoms with Crippen molar-refractivity contribution in [1.82, 2.24) is 10.6 Å². The summed E-state index contributed by atoms with van der Waals surface area (Å²) in [6.45, 7) is 5.66. The predicted octanol–water partition coefficient (Wildman–Crippen LogP) is 3.30. The van der Waals surface area contributed by atoms with Crippen molar-refractivity contribution in [3.8, 4) is 5.75 Å². The Bertz CT molecular complexity index is 493. The highest BCUT2D eigenvalue weighted by Gasteiger charge is 2.25. The highest BCUT2D eigenvalue weighted by atomic mass is 35.5. The molecule has 3 atom stereocenters. The van der Waals surface area contributed by atoms with Crippen LogP contribution in [0.2, 0.25) is 10.0 Å². The van der Waals surface area contributed by atoms with E-state index < -0.39 is 6.10 Å². The van der Waals surface area contributed by atoms with Crippen molar-refractivity contribution in [2.45, 2.75) is 32.4 Å². The van der Waals surface area contributed by atoms with Crippen molar-refractivity contribution in [3.63, 3.8) is 0 Å². The van der Waals surface area contributed by atoms with Crippen LogP contribution >= 0.6 is 35.6 Å². The van der Waals surface area contributed by atoms with E-state index >= 15 is 0 Å². The smallest absolute Gasteiger partial charge is 0.261 e. The van der Waals surface area contributed by atoms with Gasteiger partial charge in [-0.25, -0.2) is 0 Å². The molecule has 0 aromatic heterocycles. The van der Waals surface area contributed by atoms with E-state index in [1.807, 2.05) is 0 Å². The molecule has 1 aromatic rings. The summed E-state index contributed by atoms with van der Waals surface area (Å²) in [5, 5.41) is 7.27. The molecule has 1 fully saturated rings. The van der Waals surface area contributed by atoms with E-state index in [4.69, 9.17) is 27.9 Å². The summed E-state index contributed by atoms with van der Waals surface area (Å²) >= 11 is 11.8. The summed E-state index contributed by atoms with van der Waals surface area (Å²) in [5.74, 6) is 0.819. The molecule has 1 aliphatic heterocycles. The van der Waals surface area contributed by atoms with Gasteiger partial charge in [-0.1, -0.05) is 30.1 Å². The molecule has 4 nitrogen and oxygen atoms in total. The molecule has 1 amide bonds. The maximum atomic E-state index is 12.2. The minimum absolute atomic E-state index is 0. The molecule has 22 heavy (non-hydrogen) atoms. The number of carbonyl (C=O) groups excluding carboxylic acids is 1. The lowest BCUT2D eigenvalue weighted by molar-refractivity contribution is -0.128. The molecular weight excluding hydrogens is 347 g/mol. The normalized spacial score (nSPS) is 22.4. The number of ether oxygens (including phenoxy) is 1. The van der Waals surface area contributed by atoms with Crippen molar-refractivity contribution in [1.29, 1.82) is 0 Å². The second-order valence-electron chi connectivity index (χ2n) is 5.45. The van der Waals surface area contributed by atoms with Crippen molar-refractivity contribution in [3.05, 3.63) is 28.2 Å². The van der Waals surface area contributed by atoms with Crippen molar-refractivity contribution in [2.24, 2.45) is 5.92 Å². The van der Waals surface area contributed by atoms with Gasteiger partial charge >= 0.3 is 0 Å². The molecule has 2 N–H and O–H groups in total. The first-order valence-corrected chi connectivity index (χ1v) is 7.85. The van der Waals surface area contributed by atoms with Crippen LogP contribution < -0.4 is 15.4 Å². The number of amides is 1. The Labute approximate surface area is 147 Å². The third-order valence-electron chi connectivity index (χ3n) is 3.67. The quantitative estimate of drug-likeness (QED) is 0.858. The number of benzene rings is 1. The van der Waals surface area contributed by atoms with E-state index in [0.717, 1.165) is 19.5 Å². The zero-order chi connectivity index (χ0) is 15.4. The molecule has 1 aliphatic rings. The van der Waals surface area contributed by atoms with Gasteiger partial charge in [-0.05, 0) is 44.0 Å². The number of piperidine rings is 1. The van der Waals surface area contributed by atoms with Gasteiger partial charge < -0.3 is 15.4 Å². The summed E-state index contributed by atoms with van der Waals surface area (Å²) in [6, 6.07) is 5.04. The van der Waals surface area contributed by atoms with E-state index in [9.17, 15) is 4.79 Å². The van der Waals surface area contributed by atoms with Crippen LogP contribution in [0.3, 0.4) is 0 Å². The molecule has 0 saturated carbocycles. The van der Waals surface area contributed by atoms with Crippen LogP contribution in [0.4, 0.5) is 0 Å². The molecule has 0 bridgehead atoms. The standard InChI is InChI=1S/C15H20Cl2N2O2.ClH/c1-9-3-4-18-8-14(9)19-15(20)10(2)21-13-6-11(16)5-12(17)7-13;/h5-7,9-10,14,18H,3-4,8H2,1-2H3,(H,19,20);1H. The van der Waals surface area contributed by atoms with Crippen LogP contribution in [0.5, 0.6) is 5.75 Å². The number of carbonyl (C=O) groups is 1. The Morgan fingerprint density at radius 1 is 1.36 bits per heavy atom. The molecule has 1 saturated heterocycles. The molecule has 0 aliphatic carbocycles. The fourth-order valence-electron chi connectivity index (χ4n) is 2.34. The van der Waals surface area contributed by atoms with Crippen LogP contribution in [0.15, 0.2) is 18.2 Å². The van der Waals surface area contributed by atoms with Crippen LogP contribution in [0, 0.1) is 5.92 Å². The highest BCUT2D eigenvalue weighted by Crippen LogP contribution is 2.25. The third kappa shape index (κ3) is 5.51. The first kappa shape index (κ1) is 19.4. The molecule has 7 heteroatoms. The molecule has 0 spiro atoms. The Morgan fingerprint density at radius 3 is 2.59 bits per heavy atom. The molecule has 2 rings (SSSR count). The second kappa shape index (κ2) is 8.82. The summed E-state index contributed by atoms with van der Waals surface area (Å²) in [5.41, 5.74) is 0. The van der Waals surface area contributed by atoms with Gasteiger partial charge in [0.05, 0.1) is 0 Å². The fourth-order valence-corrected chi connectivity index (χ4v) is 2.84. The van der Waals surface area contributed by atoms with E-state index in [1.165, 1.54) is 0 Å². The average molecular weight is 368 g/mol. The first-order chi connectivity index (χ1) is 9.95. The van der Waals surface area contributed by atoms with Gasteiger partial charge in [-0.2, -0.15) is 0 Å². The summed E-state index contributed by atoms with van der Waals surface area (Å²) in [6.07, 6.45) is 0.457. The number of rotatable bonds is 4. The van der Waals surface area contributed by atoms with Crippen molar-refractivity contribution < 1.29 is 9.53 Å². The maximum absolute atomic E-state index is 12.2. The molecule has 124 valence electrons. The van der Waals surface area contributed by atoms with Gasteiger partial charge in [-0.15, -0.1) is 12.4 Å². The predicted molar refractivity (Wildman–Crippen MR) is 92.4 cm³/mol. The lowest BCUT2D eigenvalue weighted by atomic mass is 9.95. The Balaban J connectivity index is 0.00000242. The van der Waals surface area contributed by atoms with Gasteiger partial charge in [-0.3, -0.25) is 4.79 Å². The Morgan fingerprint density at radius 2 is 2.00 bits per heavy atom. The van der Waals surface area contributed by atoms with Gasteiger partial charge in [0, 0.05) is 22.6 Å². The van der Waals surface area contributed by atoms with Crippen LogP contribution in [-0.4, -0.2) is 31.1 Å². The minimum atomic E-state index is -0.603. The first-order valence-electron chi connectivity index (χ1n) is 7.09. The number of halogens is 3. The van der Waals surface area contributed by atoms with E-state index in [1.54, 1.807) is 25.1 Å². The average Bonchev–Trinajstić information content (AvgIpc) is 2.40. The number of hydrogen-bond acceptors (Lipinski definition) is 3. The topological polar surface area (TPSA) is 50.4 Å². The zero-order valence-corrected chi connectivity index (χ0v) is 14.9. The van der Waals surface area contributed by atoms with Crippen LogP contribution in [-0.2, 0) is 4.79 Å². The van der Waals surface area contributed by atoms with Crippen LogP contribution in [0.25, 0.3) is 0 Å². The van der Waals surface area contributed by atoms with Crippen molar-refractivity contribution >= 4 is 41.5 Å². The van der Waals surface area contributed by atoms with Gasteiger partial charge in [0.1, 0.15) is 5.75 Å². The molecule has 0 radical (unpaired) electrons. The summed E-state index contributed by atoms with van der Waals surface area (Å²) in [4.78, 5) is 12.2. The summed E-state index contributed by atoms with van der Waals surface area (Å²) in [7, 11) is 0. The molecular formula is C15H21Cl3N2O2. The maximum Gasteiger partial charge on any atom is 0.261 e. The van der Waals surface area contributed by atoms with Gasteiger partial charge in [0.2, 0.25) is 0 Å². The SMILES string of the molecule is CC(Oc1cc(Cl)cc(Cl)c1)C(=O)NC1CNCCC1C.Cl. The van der Waals surface area contributed by atoms with E-state index in [-0.39, 0.29) is 24.4 Å². The lowest BCUT2D eigenvalue weighted by Crippen LogP contribution is -2.52. The minimum Gasteiger partial charge on any atom is -0.481 e. The van der Waals surface area contributed by atoms with Crippen LogP contribution in [0.1, 0.15) is 20.3 Å². The molecule has 3 unspecified atom stereocenters. The highest BCUT2D eigenvalue weighted by molar-refractivity contribution is 6.34. The second-order valence-corrected chi connectivity index (χ2v) is 6.32. The largest absolute Gasteiger partial charge is 0.481 e. The van der Waals surface area contributed by atoms with E-state index in [2.05, 4.69) is 17.6 Å². The monoisotopic (exact) mass is 366 g/mol. The Hall–Kier alpha value is -0.680.